The zero-order chi connectivity index (χ0) is 29.8. The Morgan fingerprint density at radius 1 is 0.927 bits per heavy atom. The Balaban J connectivity index is 1.15. The largest absolute Gasteiger partial charge is 0.508 e. The Labute approximate surface area is 244 Å². The number of alkyl halides is 5. The van der Waals surface area contributed by atoms with Crippen LogP contribution in [0, 0.1) is 23.2 Å². The second kappa shape index (κ2) is 13.6. The van der Waals surface area contributed by atoms with Crippen LogP contribution in [0.3, 0.4) is 0 Å². The van der Waals surface area contributed by atoms with E-state index < -0.39 is 35.7 Å². The first-order valence-corrected chi connectivity index (χ1v) is 17.1. The molecular formula is C32H47F5O3S. The summed E-state index contributed by atoms with van der Waals surface area (Å²) < 4.78 is 74.5. The van der Waals surface area contributed by atoms with Crippen LogP contribution in [0.15, 0.2) is 18.2 Å². The number of hydrogen-bond donors (Lipinski definition) is 2. The van der Waals surface area contributed by atoms with Gasteiger partial charge in [0, 0.05) is 28.7 Å². The van der Waals surface area contributed by atoms with Crippen molar-refractivity contribution in [3.8, 4) is 5.75 Å². The lowest BCUT2D eigenvalue weighted by Gasteiger charge is -2.53. The molecule has 41 heavy (non-hydrogen) atoms. The van der Waals surface area contributed by atoms with Crippen LogP contribution in [0.2, 0.25) is 0 Å². The minimum Gasteiger partial charge on any atom is -0.508 e. The molecule has 0 saturated heterocycles. The van der Waals surface area contributed by atoms with Crippen LogP contribution >= 0.6 is 0 Å². The van der Waals surface area contributed by atoms with E-state index in [0.717, 1.165) is 77.0 Å². The smallest absolute Gasteiger partial charge is 0.453 e. The summed E-state index contributed by atoms with van der Waals surface area (Å²) in [5, 5.41) is 21.0. The van der Waals surface area contributed by atoms with E-state index in [1.807, 2.05) is 12.1 Å². The first-order chi connectivity index (χ1) is 19.3. The Kier molecular flexibility index (Phi) is 10.8. The quantitative estimate of drug-likeness (QED) is 0.165. The molecule has 0 heterocycles. The highest BCUT2D eigenvalue weighted by atomic mass is 32.2. The maximum Gasteiger partial charge on any atom is 0.453 e. The molecule has 0 spiro atoms. The number of unbranched alkanes of at least 4 members (excludes halogenated alkanes) is 6. The fourth-order valence-electron chi connectivity index (χ4n) is 8.28. The third-order valence-corrected chi connectivity index (χ3v) is 12.0. The van der Waals surface area contributed by atoms with E-state index in [0.29, 0.717) is 41.6 Å². The lowest BCUT2D eigenvalue weighted by Crippen LogP contribution is -2.47. The Hall–Kier alpha value is -1.22. The van der Waals surface area contributed by atoms with E-state index in [1.165, 1.54) is 11.1 Å². The van der Waals surface area contributed by atoms with E-state index in [2.05, 4.69) is 13.0 Å². The van der Waals surface area contributed by atoms with Gasteiger partial charge < -0.3 is 10.2 Å². The fourth-order valence-corrected chi connectivity index (χ4v) is 9.48. The summed E-state index contributed by atoms with van der Waals surface area (Å²) >= 11 is 0. The average Bonchev–Trinajstić information content (AvgIpc) is 3.20. The Bertz CT molecular complexity index is 1030. The molecule has 1 aromatic carbocycles. The molecule has 234 valence electrons. The molecule has 3 aliphatic carbocycles. The summed E-state index contributed by atoms with van der Waals surface area (Å²) in [4.78, 5) is 0. The second-order valence-corrected chi connectivity index (χ2v) is 14.9. The zero-order valence-electron chi connectivity index (χ0n) is 24.2. The van der Waals surface area contributed by atoms with Gasteiger partial charge in [-0.1, -0.05) is 51.5 Å². The highest BCUT2D eigenvalue weighted by molar-refractivity contribution is 7.84. The van der Waals surface area contributed by atoms with E-state index in [-0.39, 0.29) is 17.3 Å². The number of phenols is 1. The Morgan fingerprint density at radius 3 is 2.29 bits per heavy atom. The summed E-state index contributed by atoms with van der Waals surface area (Å²) in [5.41, 5.74) is 2.73. The summed E-state index contributed by atoms with van der Waals surface area (Å²) in [6.45, 7) is 2.30. The maximum atomic E-state index is 13.0. The highest BCUT2D eigenvalue weighted by Crippen LogP contribution is 2.62. The summed E-state index contributed by atoms with van der Waals surface area (Å²) in [5.74, 6) is -1.91. The fraction of sp³-hybridized carbons (Fsp3) is 0.812. The van der Waals surface area contributed by atoms with Gasteiger partial charge in [0.25, 0.3) is 0 Å². The van der Waals surface area contributed by atoms with Gasteiger partial charge in [0.1, 0.15) is 5.75 Å². The predicted octanol–water partition coefficient (Wildman–Crippen LogP) is 8.68. The van der Waals surface area contributed by atoms with Crippen molar-refractivity contribution in [1.29, 1.82) is 0 Å². The van der Waals surface area contributed by atoms with Gasteiger partial charge in [0.2, 0.25) is 0 Å². The van der Waals surface area contributed by atoms with Crippen molar-refractivity contribution in [2.24, 2.45) is 23.2 Å². The van der Waals surface area contributed by atoms with Crippen LogP contribution in [0.1, 0.15) is 114 Å². The third-order valence-electron chi connectivity index (χ3n) is 10.6. The number of phenolic OH excluding ortho intramolecular Hbond substituents is 1. The van der Waals surface area contributed by atoms with Gasteiger partial charge in [-0.15, -0.1) is 0 Å². The molecule has 9 heteroatoms. The maximum absolute atomic E-state index is 13.0. The van der Waals surface area contributed by atoms with E-state index in [1.54, 1.807) is 0 Å². The van der Waals surface area contributed by atoms with E-state index in [4.69, 9.17) is 0 Å². The van der Waals surface area contributed by atoms with Gasteiger partial charge in [-0.2, -0.15) is 22.0 Å². The van der Waals surface area contributed by atoms with Crippen LogP contribution in [0.5, 0.6) is 5.75 Å². The Morgan fingerprint density at radius 2 is 1.59 bits per heavy atom. The van der Waals surface area contributed by atoms with Crippen molar-refractivity contribution in [3.05, 3.63) is 29.3 Å². The molecule has 4 rings (SSSR count). The first-order valence-electron chi connectivity index (χ1n) is 15.6. The molecule has 0 amide bonds. The standard InChI is InChI=1S/C32H47F5O3S/c1-30-17-15-26-25-12-11-24(38)21-23(25)20-22(29(26)27(30)13-14-28(30)39)10-7-5-3-2-4-6-8-18-41(40)19-9-16-31(33,34)32(35,36)37/h11-12,21-22,26-29,38-39H,2-10,13-20H2,1H3/t22-,26+,27?,28?,29?,30?,41?/m1/s1. The number of aliphatic hydroxyl groups is 1. The predicted molar refractivity (Wildman–Crippen MR) is 153 cm³/mol. The number of hydrogen-bond acceptors (Lipinski definition) is 3. The van der Waals surface area contributed by atoms with Gasteiger partial charge in [-0.05, 0) is 104 Å². The molecule has 2 saturated carbocycles. The van der Waals surface area contributed by atoms with Crippen molar-refractivity contribution in [1.82, 2.24) is 0 Å². The summed E-state index contributed by atoms with van der Waals surface area (Å²) in [6.07, 6.45) is 5.97. The van der Waals surface area contributed by atoms with Gasteiger partial charge >= 0.3 is 12.1 Å². The van der Waals surface area contributed by atoms with Crippen molar-refractivity contribution in [2.75, 3.05) is 11.5 Å². The number of fused-ring (bicyclic) bond motifs is 5. The zero-order valence-corrected chi connectivity index (χ0v) is 25.1. The van der Waals surface area contributed by atoms with Gasteiger partial charge in [0.15, 0.2) is 0 Å². The number of rotatable bonds is 14. The SMILES string of the molecule is CC12CC[C@H]3c4ccc(O)cc4C[C@@H](CCCCCCCCCS(=O)CCCC(F)(F)C(F)(F)F)C3C1CCC2O. The topological polar surface area (TPSA) is 57.5 Å². The van der Waals surface area contributed by atoms with Crippen molar-refractivity contribution in [3.63, 3.8) is 0 Å². The lowest BCUT2D eigenvalue weighted by molar-refractivity contribution is -0.284. The molecule has 0 aromatic heterocycles. The van der Waals surface area contributed by atoms with Crippen LogP contribution in [-0.4, -0.2) is 44.1 Å². The van der Waals surface area contributed by atoms with Gasteiger partial charge in [-0.3, -0.25) is 4.21 Å². The van der Waals surface area contributed by atoms with E-state index in [9.17, 15) is 36.4 Å². The monoisotopic (exact) mass is 606 g/mol. The minimum atomic E-state index is -5.54. The second-order valence-electron chi connectivity index (χ2n) is 13.2. The molecular weight excluding hydrogens is 559 g/mol. The molecule has 3 nitrogen and oxygen atoms in total. The average molecular weight is 607 g/mol. The van der Waals surface area contributed by atoms with Crippen LogP contribution in [0.25, 0.3) is 0 Å². The molecule has 7 atom stereocenters. The molecule has 2 fully saturated rings. The van der Waals surface area contributed by atoms with Crippen molar-refractivity contribution in [2.45, 2.75) is 127 Å². The number of aromatic hydroxyl groups is 1. The number of halogens is 5. The van der Waals surface area contributed by atoms with Crippen LogP contribution in [0.4, 0.5) is 22.0 Å². The van der Waals surface area contributed by atoms with Gasteiger partial charge in [-0.25, -0.2) is 0 Å². The molecule has 3 aliphatic rings. The van der Waals surface area contributed by atoms with Gasteiger partial charge in [0.05, 0.1) is 6.10 Å². The van der Waals surface area contributed by atoms with Crippen molar-refractivity contribution >= 4 is 10.8 Å². The highest BCUT2D eigenvalue weighted by Gasteiger charge is 2.57. The number of aliphatic hydroxyl groups excluding tert-OH is 1. The summed E-state index contributed by atoms with van der Waals surface area (Å²) in [7, 11) is -1.35. The lowest BCUT2D eigenvalue weighted by atomic mass is 9.52. The summed E-state index contributed by atoms with van der Waals surface area (Å²) in [6, 6.07) is 5.92. The normalized spacial score (nSPS) is 30.5. The number of benzene rings is 1. The molecule has 0 radical (unpaired) electrons. The molecule has 1 aromatic rings. The minimum absolute atomic E-state index is 0.0195. The first kappa shape index (κ1) is 32.7. The third kappa shape index (κ3) is 7.66. The molecule has 0 bridgehead atoms. The van der Waals surface area contributed by atoms with Crippen LogP contribution < -0.4 is 0 Å². The van der Waals surface area contributed by atoms with Crippen molar-refractivity contribution < 1.29 is 36.4 Å². The molecule has 0 aliphatic heterocycles. The van der Waals surface area contributed by atoms with Crippen LogP contribution in [-0.2, 0) is 17.2 Å². The molecule has 2 N–H and O–H groups in total. The van der Waals surface area contributed by atoms with E-state index >= 15 is 0 Å². The molecule has 5 unspecified atom stereocenters.